The van der Waals surface area contributed by atoms with Crippen LogP contribution in [0.4, 0.5) is 17.1 Å². The largest absolute Gasteiger partial charge is 0.310 e. The van der Waals surface area contributed by atoms with Crippen LogP contribution in [0.2, 0.25) is 0 Å². The second-order valence-electron chi connectivity index (χ2n) is 15.3. The minimum atomic E-state index is 1.10. The SMILES string of the molecule is c1ccc(-n2c3ccccc3c3c(-c4cccc(N(c5ccc6c(ccc7ccccc76)c5)c5cc6ccccc6c6ccccc56)c4)cc4ccccc4c32)cc1. The van der Waals surface area contributed by atoms with Gasteiger partial charge in [0.25, 0.3) is 0 Å². The second kappa shape index (κ2) is 12.9. The maximum atomic E-state index is 2.47. The molecule has 0 N–H and O–H groups in total. The summed E-state index contributed by atoms with van der Waals surface area (Å²) in [5.74, 6) is 0. The lowest BCUT2D eigenvalue weighted by atomic mass is 9.94. The summed E-state index contributed by atoms with van der Waals surface area (Å²) < 4.78 is 2.45. The smallest absolute Gasteiger partial charge is 0.0625 e. The van der Waals surface area contributed by atoms with Crippen molar-refractivity contribution in [3.05, 3.63) is 218 Å². The molecule has 0 saturated carbocycles. The molecule has 0 aliphatic rings. The first-order valence-electron chi connectivity index (χ1n) is 20.0. The highest BCUT2D eigenvalue weighted by Gasteiger charge is 2.22. The molecule has 58 heavy (non-hydrogen) atoms. The van der Waals surface area contributed by atoms with Gasteiger partial charge < -0.3 is 9.47 Å². The van der Waals surface area contributed by atoms with E-state index in [1.807, 2.05) is 0 Å². The van der Waals surface area contributed by atoms with Crippen LogP contribution >= 0.6 is 0 Å². The van der Waals surface area contributed by atoms with Crippen molar-refractivity contribution in [3.8, 4) is 16.8 Å². The van der Waals surface area contributed by atoms with Crippen LogP contribution in [0.5, 0.6) is 0 Å². The van der Waals surface area contributed by atoms with E-state index in [0.717, 1.165) is 22.7 Å². The van der Waals surface area contributed by atoms with E-state index in [1.54, 1.807) is 0 Å². The van der Waals surface area contributed by atoms with Crippen LogP contribution in [-0.4, -0.2) is 4.57 Å². The fourth-order valence-electron chi connectivity index (χ4n) is 9.51. The van der Waals surface area contributed by atoms with Crippen molar-refractivity contribution >= 4 is 92.7 Å². The summed E-state index contributed by atoms with van der Waals surface area (Å²) >= 11 is 0. The van der Waals surface area contributed by atoms with Gasteiger partial charge in [-0.15, -0.1) is 0 Å². The Morgan fingerprint density at radius 1 is 0.328 bits per heavy atom. The molecule has 2 heteroatoms. The van der Waals surface area contributed by atoms with Gasteiger partial charge in [-0.25, -0.2) is 0 Å². The summed E-state index contributed by atoms with van der Waals surface area (Å²) in [4.78, 5) is 2.47. The Kier molecular flexibility index (Phi) is 7.26. The molecule has 270 valence electrons. The Hall–Kier alpha value is -7.68. The van der Waals surface area contributed by atoms with Crippen molar-refractivity contribution in [2.45, 2.75) is 0 Å². The Bertz CT molecular complexity index is 3580. The molecule has 12 rings (SSSR count). The molecule has 1 heterocycles. The van der Waals surface area contributed by atoms with E-state index < -0.39 is 0 Å². The van der Waals surface area contributed by atoms with Gasteiger partial charge in [-0.3, -0.25) is 0 Å². The molecule has 0 saturated heterocycles. The van der Waals surface area contributed by atoms with Gasteiger partial charge in [0.1, 0.15) is 0 Å². The predicted molar refractivity (Wildman–Crippen MR) is 248 cm³/mol. The standard InChI is InChI=1S/C56H36N2/c1-2-19-42(20-3-1)58-53-28-13-12-27-51(53)55-52(35-39-16-6-9-24-48(39)56(55)58)38-18-14-21-43(33-38)57(44-31-32-47-41(34-44)30-29-37-15-4-7-22-45(37)47)54-36-40-17-5-8-23-46(40)49-25-10-11-26-50(49)54/h1-36H. The average molecular weight is 737 g/mol. The summed E-state index contributed by atoms with van der Waals surface area (Å²) in [5.41, 5.74) is 9.34. The number of rotatable bonds is 5. The lowest BCUT2D eigenvalue weighted by Crippen LogP contribution is -2.11. The maximum Gasteiger partial charge on any atom is 0.0625 e. The molecule has 1 aromatic heterocycles. The highest BCUT2D eigenvalue weighted by molar-refractivity contribution is 6.24. The number of anilines is 3. The van der Waals surface area contributed by atoms with E-state index in [4.69, 9.17) is 0 Å². The van der Waals surface area contributed by atoms with Gasteiger partial charge in [0.05, 0.1) is 16.7 Å². The van der Waals surface area contributed by atoms with Gasteiger partial charge in [-0.05, 0) is 109 Å². The van der Waals surface area contributed by atoms with E-state index in [0.29, 0.717) is 0 Å². The minimum absolute atomic E-state index is 1.10. The van der Waals surface area contributed by atoms with Crippen molar-refractivity contribution in [1.29, 1.82) is 0 Å². The molecule has 0 bridgehead atoms. The highest BCUT2D eigenvalue weighted by atomic mass is 15.1. The van der Waals surface area contributed by atoms with Gasteiger partial charge in [0.2, 0.25) is 0 Å². The average Bonchev–Trinajstić information content (AvgIpc) is 3.65. The Labute approximate surface area is 336 Å². The highest BCUT2D eigenvalue weighted by Crippen LogP contribution is 2.46. The Morgan fingerprint density at radius 2 is 0.897 bits per heavy atom. The van der Waals surface area contributed by atoms with Crippen LogP contribution in [-0.2, 0) is 0 Å². The van der Waals surface area contributed by atoms with Crippen LogP contribution in [0.15, 0.2) is 218 Å². The molecular formula is C56H36N2. The molecule has 11 aromatic carbocycles. The van der Waals surface area contributed by atoms with E-state index >= 15 is 0 Å². The van der Waals surface area contributed by atoms with E-state index in [2.05, 4.69) is 228 Å². The normalized spacial score (nSPS) is 11.8. The number of fused-ring (bicyclic) bond motifs is 11. The van der Waals surface area contributed by atoms with Gasteiger partial charge in [-0.1, -0.05) is 164 Å². The quantitative estimate of drug-likeness (QED) is 0.160. The zero-order valence-corrected chi connectivity index (χ0v) is 31.7. The maximum absolute atomic E-state index is 2.47. The summed E-state index contributed by atoms with van der Waals surface area (Å²) in [6, 6.07) is 80.2. The summed E-state index contributed by atoms with van der Waals surface area (Å²) in [6.07, 6.45) is 0. The van der Waals surface area contributed by atoms with Gasteiger partial charge in [0, 0.05) is 38.6 Å². The van der Waals surface area contributed by atoms with Crippen LogP contribution < -0.4 is 4.90 Å². The van der Waals surface area contributed by atoms with Crippen LogP contribution in [0, 0.1) is 0 Å². The summed E-state index contributed by atoms with van der Waals surface area (Å²) in [5, 5.41) is 14.9. The lowest BCUT2D eigenvalue weighted by Gasteiger charge is -2.28. The van der Waals surface area contributed by atoms with Gasteiger partial charge >= 0.3 is 0 Å². The molecule has 0 radical (unpaired) electrons. The number of aromatic nitrogens is 1. The second-order valence-corrected chi connectivity index (χ2v) is 15.3. The molecule has 0 spiro atoms. The van der Waals surface area contributed by atoms with Crippen molar-refractivity contribution < 1.29 is 0 Å². The molecule has 0 amide bonds. The third kappa shape index (κ3) is 4.99. The third-order valence-electron chi connectivity index (χ3n) is 12.1. The third-order valence-corrected chi connectivity index (χ3v) is 12.1. The van der Waals surface area contributed by atoms with Gasteiger partial charge in [0.15, 0.2) is 0 Å². The summed E-state index contributed by atoms with van der Waals surface area (Å²) in [6.45, 7) is 0. The Balaban J connectivity index is 1.15. The molecule has 0 atom stereocenters. The molecule has 0 aliphatic carbocycles. The van der Waals surface area contributed by atoms with Crippen molar-refractivity contribution in [2.75, 3.05) is 4.90 Å². The first kappa shape index (κ1) is 32.6. The Morgan fingerprint density at radius 3 is 1.71 bits per heavy atom. The number of para-hydroxylation sites is 2. The summed E-state index contributed by atoms with van der Waals surface area (Å²) in [7, 11) is 0. The predicted octanol–water partition coefficient (Wildman–Crippen LogP) is 15.7. The molecule has 12 aromatic rings. The van der Waals surface area contributed by atoms with Crippen molar-refractivity contribution in [1.82, 2.24) is 4.57 Å². The van der Waals surface area contributed by atoms with Crippen LogP contribution in [0.3, 0.4) is 0 Å². The molecule has 0 unspecified atom stereocenters. The van der Waals surface area contributed by atoms with E-state index in [9.17, 15) is 0 Å². The fourth-order valence-corrected chi connectivity index (χ4v) is 9.51. The minimum Gasteiger partial charge on any atom is -0.310 e. The number of hydrogen-bond acceptors (Lipinski definition) is 1. The number of benzene rings is 11. The first-order valence-corrected chi connectivity index (χ1v) is 20.0. The fraction of sp³-hybridized carbons (Fsp3) is 0. The van der Waals surface area contributed by atoms with Crippen molar-refractivity contribution in [2.24, 2.45) is 0 Å². The monoisotopic (exact) mass is 736 g/mol. The zero-order chi connectivity index (χ0) is 38.2. The molecule has 0 aliphatic heterocycles. The molecular weight excluding hydrogens is 701 g/mol. The molecule has 0 fully saturated rings. The van der Waals surface area contributed by atoms with Crippen molar-refractivity contribution in [3.63, 3.8) is 0 Å². The van der Waals surface area contributed by atoms with Gasteiger partial charge in [-0.2, -0.15) is 0 Å². The number of hydrogen-bond donors (Lipinski definition) is 0. The number of nitrogens with zero attached hydrogens (tertiary/aromatic N) is 2. The van der Waals surface area contributed by atoms with Crippen LogP contribution in [0.25, 0.3) is 92.5 Å². The van der Waals surface area contributed by atoms with Crippen LogP contribution in [0.1, 0.15) is 0 Å². The first-order chi connectivity index (χ1) is 28.8. The lowest BCUT2D eigenvalue weighted by molar-refractivity contribution is 1.19. The zero-order valence-electron chi connectivity index (χ0n) is 31.7. The van der Waals surface area contributed by atoms with E-state index in [-0.39, 0.29) is 0 Å². The van der Waals surface area contributed by atoms with E-state index in [1.165, 1.54) is 86.8 Å². The molecule has 2 nitrogen and oxygen atoms in total. The topological polar surface area (TPSA) is 8.17 Å².